The fraction of sp³-hybridized carbons (Fsp3) is 0. The van der Waals surface area contributed by atoms with Gasteiger partial charge in [-0.1, -0.05) is 23.4 Å². The van der Waals surface area contributed by atoms with Crippen LogP contribution in [0.15, 0.2) is 58.3 Å². The summed E-state index contributed by atoms with van der Waals surface area (Å²) in [6, 6.07) is 11.9. The Labute approximate surface area is 91.8 Å². The van der Waals surface area contributed by atoms with E-state index in [9.17, 15) is 5.21 Å². The van der Waals surface area contributed by atoms with E-state index in [4.69, 9.17) is 9.62 Å². The topological polar surface area (TPSA) is 69.2 Å². The first kappa shape index (κ1) is 10.3. The van der Waals surface area contributed by atoms with Crippen molar-refractivity contribution in [3.05, 3.63) is 54.5 Å². The highest BCUT2D eigenvalue weighted by atomic mass is 16.5. The largest absolute Gasteiger partial charge is 0.461 e. The molecule has 0 bridgehead atoms. The lowest BCUT2D eigenvalue weighted by Crippen LogP contribution is -2.27. The first-order valence-electron chi connectivity index (χ1n) is 4.63. The predicted molar refractivity (Wildman–Crippen MR) is 57.7 cm³/mol. The van der Waals surface area contributed by atoms with E-state index in [0.717, 1.165) is 5.06 Å². The summed E-state index contributed by atoms with van der Waals surface area (Å²) in [7, 11) is 0. The van der Waals surface area contributed by atoms with Gasteiger partial charge in [-0.3, -0.25) is 5.21 Å². The average Bonchev–Trinajstić information content (AvgIpc) is 2.85. The highest BCUT2D eigenvalue weighted by Gasteiger charge is 2.16. The molecule has 0 aliphatic carbocycles. The number of para-hydroxylation sites is 1. The second-order valence-corrected chi connectivity index (χ2v) is 3.05. The van der Waals surface area contributed by atoms with E-state index in [1.165, 1.54) is 6.26 Å². The zero-order valence-electron chi connectivity index (χ0n) is 8.32. The molecule has 0 radical (unpaired) electrons. The summed E-state index contributed by atoms with van der Waals surface area (Å²) in [5.41, 5.74) is 0.478. The van der Waals surface area contributed by atoms with Crippen molar-refractivity contribution < 1.29 is 14.8 Å². The Morgan fingerprint density at radius 2 is 1.88 bits per heavy atom. The maximum absolute atomic E-state index is 9.83. The second-order valence-electron chi connectivity index (χ2n) is 3.05. The van der Waals surface area contributed by atoms with Gasteiger partial charge in [0, 0.05) is 0 Å². The number of rotatable bonds is 2. The van der Waals surface area contributed by atoms with Gasteiger partial charge in [0.2, 0.25) is 5.84 Å². The van der Waals surface area contributed by atoms with Gasteiger partial charge in [-0.25, -0.2) is 0 Å². The number of hydroxylamine groups is 1. The highest BCUT2D eigenvalue weighted by molar-refractivity contribution is 6.06. The number of hydrogen-bond acceptors (Lipinski definition) is 4. The summed E-state index contributed by atoms with van der Waals surface area (Å²) in [4.78, 5) is 0. The maximum atomic E-state index is 9.83. The van der Waals surface area contributed by atoms with Crippen LogP contribution in [-0.2, 0) is 0 Å². The van der Waals surface area contributed by atoms with E-state index >= 15 is 0 Å². The van der Waals surface area contributed by atoms with Crippen molar-refractivity contribution in [1.82, 2.24) is 0 Å². The Bertz CT molecular complexity index is 465. The van der Waals surface area contributed by atoms with Gasteiger partial charge in [-0.2, -0.15) is 5.06 Å². The molecule has 0 unspecified atom stereocenters. The smallest absolute Gasteiger partial charge is 0.239 e. The Morgan fingerprint density at radius 3 is 2.44 bits per heavy atom. The zero-order valence-corrected chi connectivity index (χ0v) is 8.32. The van der Waals surface area contributed by atoms with Crippen molar-refractivity contribution in [3.8, 4) is 0 Å². The fourth-order valence-electron chi connectivity index (χ4n) is 1.29. The molecule has 0 saturated carbocycles. The molecule has 82 valence electrons. The van der Waals surface area contributed by atoms with E-state index in [2.05, 4.69) is 5.16 Å². The molecule has 0 aliphatic rings. The summed E-state index contributed by atoms with van der Waals surface area (Å²) in [6.07, 6.45) is 1.43. The third-order valence-electron chi connectivity index (χ3n) is 2.04. The van der Waals surface area contributed by atoms with Crippen LogP contribution < -0.4 is 5.06 Å². The minimum absolute atomic E-state index is 0.0730. The van der Waals surface area contributed by atoms with Gasteiger partial charge in [-0.05, 0) is 24.3 Å². The fourth-order valence-corrected chi connectivity index (χ4v) is 1.29. The van der Waals surface area contributed by atoms with Crippen molar-refractivity contribution in [3.63, 3.8) is 0 Å². The van der Waals surface area contributed by atoms with Crippen LogP contribution >= 0.6 is 0 Å². The molecular weight excluding hydrogens is 208 g/mol. The lowest BCUT2D eigenvalue weighted by molar-refractivity contribution is 0.282. The molecule has 0 saturated heterocycles. The van der Waals surface area contributed by atoms with Crippen LogP contribution in [0.1, 0.15) is 5.76 Å². The Morgan fingerprint density at radius 1 is 1.12 bits per heavy atom. The number of hydrogen-bond donors (Lipinski definition) is 2. The molecule has 0 amide bonds. The SMILES string of the molecule is ON=C(c1ccco1)N(O)c1ccccc1. The van der Waals surface area contributed by atoms with Gasteiger partial charge in [-0.15, -0.1) is 0 Å². The van der Waals surface area contributed by atoms with Gasteiger partial charge in [0.05, 0.1) is 12.0 Å². The van der Waals surface area contributed by atoms with Crippen LogP contribution in [-0.4, -0.2) is 16.3 Å². The van der Waals surface area contributed by atoms with E-state index in [-0.39, 0.29) is 11.6 Å². The van der Waals surface area contributed by atoms with Crippen molar-refractivity contribution in [2.24, 2.45) is 5.16 Å². The molecule has 5 heteroatoms. The van der Waals surface area contributed by atoms with Gasteiger partial charge in [0.25, 0.3) is 0 Å². The third kappa shape index (κ3) is 1.89. The van der Waals surface area contributed by atoms with Crippen LogP contribution in [0.2, 0.25) is 0 Å². The number of anilines is 1. The summed E-state index contributed by atoms with van der Waals surface area (Å²) < 4.78 is 5.04. The van der Waals surface area contributed by atoms with Crippen molar-refractivity contribution in [1.29, 1.82) is 0 Å². The molecule has 2 aromatic rings. The van der Waals surface area contributed by atoms with Gasteiger partial charge in [0.1, 0.15) is 0 Å². The molecule has 1 heterocycles. The van der Waals surface area contributed by atoms with Crippen molar-refractivity contribution in [2.75, 3.05) is 5.06 Å². The lowest BCUT2D eigenvalue weighted by Gasteiger charge is -2.15. The molecule has 5 nitrogen and oxygen atoms in total. The summed E-state index contributed by atoms with van der Waals surface area (Å²) in [6.45, 7) is 0. The Hall–Kier alpha value is -2.27. The number of nitrogens with zero attached hydrogens (tertiary/aromatic N) is 2. The minimum atomic E-state index is -0.0730. The number of benzene rings is 1. The number of furan rings is 1. The van der Waals surface area contributed by atoms with E-state index in [1.807, 2.05) is 6.07 Å². The molecular formula is C11H10N2O3. The first-order valence-corrected chi connectivity index (χ1v) is 4.63. The maximum Gasteiger partial charge on any atom is 0.239 e. The number of oxime groups is 1. The molecule has 16 heavy (non-hydrogen) atoms. The molecule has 0 fully saturated rings. The third-order valence-corrected chi connectivity index (χ3v) is 2.04. The van der Waals surface area contributed by atoms with Crippen LogP contribution in [0, 0.1) is 0 Å². The molecule has 2 N–H and O–H groups in total. The number of amidine groups is 1. The van der Waals surface area contributed by atoms with Crippen molar-refractivity contribution in [2.45, 2.75) is 0 Å². The van der Waals surface area contributed by atoms with E-state index in [0.29, 0.717) is 5.69 Å². The minimum Gasteiger partial charge on any atom is -0.461 e. The van der Waals surface area contributed by atoms with Gasteiger partial charge >= 0.3 is 0 Å². The van der Waals surface area contributed by atoms with Gasteiger partial charge < -0.3 is 9.62 Å². The van der Waals surface area contributed by atoms with Gasteiger partial charge in [0.15, 0.2) is 5.76 Å². The van der Waals surface area contributed by atoms with Crippen molar-refractivity contribution >= 4 is 11.5 Å². The first-order chi connectivity index (χ1) is 7.83. The molecule has 1 aromatic carbocycles. The molecule has 0 atom stereocenters. The predicted octanol–water partition coefficient (Wildman–Crippen LogP) is 2.31. The van der Waals surface area contributed by atoms with E-state index in [1.54, 1.807) is 36.4 Å². The van der Waals surface area contributed by atoms with E-state index < -0.39 is 0 Å². The monoisotopic (exact) mass is 218 g/mol. The lowest BCUT2D eigenvalue weighted by atomic mass is 10.3. The van der Waals surface area contributed by atoms with Crippen LogP contribution in [0.5, 0.6) is 0 Å². The summed E-state index contributed by atoms with van der Waals surface area (Å²) in [5.74, 6) is 0.199. The van der Waals surface area contributed by atoms with Crippen LogP contribution in [0.25, 0.3) is 0 Å². The standard InChI is InChI=1S/C11H10N2O3/c14-12-11(10-7-4-8-16-10)13(15)9-5-2-1-3-6-9/h1-8,14-15H. The normalized spacial score (nSPS) is 11.4. The average molecular weight is 218 g/mol. The van der Waals surface area contributed by atoms with Crippen LogP contribution in [0.3, 0.4) is 0 Å². The molecule has 0 spiro atoms. The Kier molecular flexibility index (Phi) is 2.88. The molecule has 0 aliphatic heterocycles. The Balaban J connectivity index is 2.31. The molecule has 2 rings (SSSR count). The molecule has 1 aromatic heterocycles. The van der Waals surface area contributed by atoms with Crippen LogP contribution in [0.4, 0.5) is 5.69 Å². The second kappa shape index (κ2) is 4.50. The summed E-state index contributed by atoms with van der Waals surface area (Å²) in [5, 5.41) is 22.4. The zero-order chi connectivity index (χ0) is 11.4. The summed E-state index contributed by atoms with van der Waals surface area (Å²) >= 11 is 0. The quantitative estimate of drug-likeness (QED) is 0.351. The highest BCUT2D eigenvalue weighted by Crippen LogP contribution is 2.15.